The fourth-order valence-corrected chi connectivity index (χ4v) is 5.47. The van der Waals surface area contributed by atoms with Gasteiger partial charge in [-0.3, -0.25) is 13.9 Å². The van der Waals surface area contributed by atoms with Gasteiger partial charge in [-0.1, -0.05) is 19.3 Å². The highest BCUT2D eigenvalue weighted by atomic mass is 32.2. The Hall–Kier alpha value is -2.09. The van der Waals surface area contributed by atoms with E-state index >= 15 is 0 Å². The molecule has 3 rings (SSSR count). The Kier molecular flexibility index (Phi) is 6.22. The van der Waals surface area contributed by atoms with Crippen molar-refractivity contribution in [2.75, 3.05) is 30.2 Å². The van der Waals surface area contributed by atoms with E-state index in [0.717, 1.165) is 24.8 Å². The number of rotatable bonds is 6. The summed E-state index contributed by atoms with van der Waals surface area (Å²) in [6.45, 7) is 5.53. The van der Waals surface area contributed by atoms with Crippen LogP contribution in [-0.2, 0) is 21.2 Å². The molecule has 1 aromatic rings. The summed E-state index contributed by atoms with van der Waals surface area (Å²) < 4.78 is 25.2. The molecule has 0 radical (unpaired) electrons. The molecular formula is C21H31N3O4S. The molecule has 0 bridgehead atoms. The van der Waals surface area contributed by atoms with E-state index in [1.165, 1.54) is 10.6 Å². The van der Waals surface area contributed by atoms with Gasteiger partial charge in [-0.05, 0) is 56.9 Å². The second kappa shape index (κ2) is 8.34. The Labute approximate surface area is 173 Å². The first kappa shape index (κ1) is 21.6. The van der Waals surface area contributed by atoms with Gasteiger partial charge in [0, 0.05) is 25.2 Å². The van der Waals surface area contributed by atoms with Crippen molar-refractivity contribution < 1.29 is 18.0 Å². The summed E-state index contributed by atoms with van der Waals surface area (Å²) in [4.78, 5) is 28.1. The third kappa shape index (κ3) is 4.27. The summed E-state index contributed by atoms with van der Waals surface area (Å²) in [6, 6.07) is 5.10. The van der Waals surface area contributed by atoms with Crippen molar-refractivity contribution in [3.05, 3.63) is 29.3 Å². The van der Waals surface area contributed by atoms with E-state index in [1.54, 1.807) is 23.1 Å². The molecule has 29 heavy (non-hydrogen) atoms. The van der Waals surface area contributed by atoms with Crippen LogP contribution in [0.3, 0.4) is 0 Å². The molecule has 0 unspecified atom stereocenters. The van der Waals surface area contributed by atoms with E-state index in [9.17, 15) is 18.0 Å². The fraction of sp³-hybridized carbons (Fsp3) is 0.619. The fourth-order valence-electron chi connectivity index (χ4n) is 4.51. The van der Waals surface area contributed by atoms with Crippen molar-refractivity contribution in [2.24, 2.45) is 0 Å². The summed E-state index contributed by atoms with van der Waals surface area (Å²) in [5.74, 6) is -0.270. The molecule has 8 heteroatoms. The maximum atomic E-state index is 13.2. The average Bonchev–Trinajstić information content (AvgIpc) is 3.13. The first-order valence-corrected chi connectivity index (χ1v) is 12.3. The van der Waals surface area contributed by atoms with Gasteiger partial charge in [-0.25, -0.2) is 8.42 Å². The third-order valence-corrected chi connectivity index (χ3v) is 7.29. The minimum atomic E-state index is -3.33. The van der Waals surface area contributed by atoms with Crippen LogP contribution in [0.4, 0.5) is 5.69 Å². The molecule has 1 saturated carbocycles. The SMILES string of the molecule is CCN(CC)C(=O)C1(NC(=O)c2ccc3c(c2)CCN3S(C)(=O)=O)CCCCC1. The monoisotopic (exact) mass is 421 g/mol. The zero-order valence-electron chi connectivity index (χ0n) is 17.5. The molecule has 1 N–H and O–H groups in total. The van der Waals surface area contributed by atoms with Crippen LogP contribution >= 0.6 is 0 Å². The lowest BCUT2D eigenvalue weighted by atomic mass is 9.80. The second-order valence-electron chi connectivity index (χ2n) is 8.00. The number of likely N-dealkylation sites (N-methyl/N-ethyl adjacent to an activating group) is 1. The Balaban J connectivity index is 1.85. The van der Waals surface area contributed by atoms with Crippen LogP contribution in [0.1, 0.15) is 61.9 Å². The molecule has 1 heterocycles. The molecule has 0 atom stereocenters. The van der Waals surface area contributed by atoms with Crippen LogP contribution in [0.15, 0.2) is 18.2 Å². The van der Waals surface area contributed by atoms with Crippen molar-refractivity contribution in [1.29, 1.82) is 0 Å². The molecule has 1 aliphatic heterocycles. The number of carbonyl (C=O) groups excluding carboxylic acids is 2. The second-order valence-corrected chi connectivity index (χ2v) is 9.91. The summed E-state index contributed by atoms with van der Waals surface area (Å²) in [5, 5.41) is 3.07. The highest BCUT2D eigenvalue weighted by Gasteiger charge is 2.43. The number of nitrogens with zero attached hydrogens (tertiary/aromatic N) is 2. The molecule has 2 amide bonds. The topological polar surface area (TPSA) is 86.8 Å². The van der Waals surface area contributed by atoms with Crippen LogP contribution in [0.2, 0.25) is 0 Å². The lowest BCUT2D eigenvalue weighted by molar-refractivity contribution is -0.139. The molecule has 2 aliphatic rings. The molecule has 7 nitrogen and oxygen atoms in total. The maximum Gasteiger partial charge on any atom is 0.252 e. The number of fused-ring (bicyclic) bond motifs is 1. The van der Waals surface area contributed by atoms with Gasteiger partial charge in [0.15, 0.2) is 0 Å². The molecule has 160 valence electrons. The lowest BCUT2D eigenvalue weighted by Gasteiger charge is -2.40. The van der Waals surface area contributed by atoms with E-state index in [1.807, 2.05) is 13.8 Å². The molecule has 0 aromatic heterocycles. The number of carbonyl (C=O) groups is 2. The van der Waals surface area contributed by atoms with Crippen LogP contribution in [0.25, 0.3) is 0 Å². The molecule has 1 aliphatic carbocycles. The molecule has 0 spiro atoms. The van der Waals surface area contributed by atoms with Gasteiger partial charge in [-0.15, -0.1) is 0 Å². The zero-order valence-corrected chi connectivity index (χ0v) is 18.3. The Morgan fingerprint density at radius 1 is 1.14 bits per heavy atom. The van der Waals surface area contributed by atoms with Crippen molar-refractivity contribution >= 4 is 27.5 Å². The maximum absolute atomic E-state index is 13.2. The van der Waals surface area contributed by atoms with Gasteiger partial charge in [0.2, 0.25) is 15.9 Å². The van der Waals surface area contributed by atoms with Gasteiger partial charge < -0.3 is 10.2 Å². The smallest absolute Gasteiger partial charge is 0.252 e. The van der Waals surface area contributed by atoms with E-state index in [0.29, 0.717) is 50.1 Å². The van der Waals surface area contributed by atoms with Crippen LogP contribution < -0.4 is 9.62 Å². The first-order chi connectivity index (χ1) is 13.7. The number of anilines is 1. The van der Waals surface area contributed by atoms with E-state index in [4.69, 9.17) is 0 Å². The minimum absolute atomic E-state index is 0.0000356. The Bertz CT molecular complexity index is 887. The van der Waals surface area contributed by atoms with Gasteiger partial charge in [0.05, 0.1) is 11.9 Å². The number of amides is 2. The Morgan fingerprint density at radius 2 is 1.79 bits per heavy atom. The van der Waals surface area contributed by atoms with Crippen molar-refractivity contribution in [3.63, 3.8) is 0 Å². The van der Waals surface area contributed by atoms with E-state index < -0.39 is 15.6 Å². The molecular weight excluding hydrogens is 390 g/mol. The Morgan fingerprint density at radius 3 is 2.38 bits per heavy atom. The summed E-state index contributed by atoms with van der Waals surface area (Å²) in [7, 11) is -3.33. The van der Waals surface area contributed by atoms with Gasteiger partial charge >= 0.3 is 0 Å². The molecule has 1 aromatic carbocycles. The van der Waals surface area contributed by atoms with Crippen LogP contribution in [-0.4, -0.2) is 56.6 Å². The van der Waals surface area contributed by atoms with Crippen molar-refractivity contribution in [2.45, 2.75) is 57.9 Å². The molecule has 0 saturated heterocycles. The van der Waals surface area contributed by atoms with Crippen molar-refractivity contribution in [1.82, 2.24) is 10.2 Å². The average molecular weight is 422 g/mol. The first-order valence-electron chi connectivity index (χ1n) is 10.4. The largest absolute Gasteiger partial charge is 0.341 e. The van der Waals surface area contributed by atoms with Crippen LogP contribution in [0, 0.1) is 0 Å². The van der Waals surface area contributed by atoms with E-state index in [2.05, 4.69) is 5.32 Å². The van der Waals surface area contributed by atoms with E-state index in [-0.39, 0.29) is 11.8 Å². The number of hydrogen-bond acceptors (Lipinski definition) is 4. The van der Waals surface area contributed by atoms with Gasteiger partial charge in [0.1, 0.15) is 5.54 Å². The van der Waals surface area contributed by atoms with Gasteiger partial charge in [-0.2, -0.15) is 0 Å². The molecule has 1 fully saturated rings. The minimum Gasteiger partial charge on any atom is -0.341 e. The number of nitrogens with one attached hydrogen (secondary N) is 1. The number of sulfonamides is 1. The predicted molar refractivity (Wildman–Crippen MR) is 114 cm³/mol. The zero-order chi connectivity index (χ0) is 21.2. The lowest BCUT2D eigenvalue weighted by Crippen LogP contribution is -2.60. The summed E-state index contributed by atoms with van der Waals surface area (Å²) >= 11 is 0. The summed E-state index contributed by atoms with van der Waals surface area (Å²) in [5.41, 5.74) is 1.10. The standard InChI is InChI=1S/C21H31N3O4S/c1-4-23(5-2)20(26)21(12-7-6-8-13-21)22-19(25)17-9-10-18-16(15-17)11-14-24(18)29(3,27)28/h9-10,15H,4-8,11-14H2,1-3H3,(H,22,25). The normalized spacial score (nSPS) is 18.2. The number of benzene rings is 1. The number of hydrogen-bond donors (Lipinski definition) is 1. The van der Waals surface area contributed by atoms with Gasteiger partial charge in [0.25, 0.3) is 5.91 Å². The highest BCUT2D eigenvalue weighted by Crippen LogP contribution is 2.33. The quantitative estimate of drug-likeness (QED) is 0.764. The third-order valence-electron chi connectivity index (χ3n) is 6.11. The highest BCUT2D eigenvalue weighted by molar-refractivity contribution is 7.92. The summed E-state index contributed by atoms with van der Waals surface area (Å²) in [6.07, 6.45) is 5.98. The van der Waals surface area contributed by atoms with Crippen molar-refractivity contribution in [3.8, 4) is 0 Å². The predicted octanol–water partition coefficient (Wildman–Crippen LogP) is 2.31. The van der Waals surface area contributed by atoms with Crippen LogP contribution in [0.5, 0.6) is 0 Å².